The van der Waals surface area contributed by atoms with Crippen LogP contribution in [0.1, 0.15) is 24.0 Å². The minimum Gasteiger partial charge on any atom is -0.397 e. The molecule has 26 heavy (non-hydrogen) atoms. The van der Waals surface area contributed by atoms with E-state index in [2.05, 4.69) is 16.4 Å². The van der Waals surface area contributed by atoms with Crippen molar-refractivity contribution in [2.24, 2.45) is 5.92 Å². The molecule has 0 saturated heterocycles. The highest BCUT2D eigenvalue weighted by atomic mass is 16.2. The average Bonchev–Trinajstić information content (AvgIpc) is 3.47. The van der Waals surface area contributed by atoms with E-state index in [0.29, 0.717) is 22.5 Å². The molecule has 2 aromatic carbocycles. The zero-order chi connectivity index (χ0) is 18.3. The Balaban J connectivity index is 1.87. The monoisotopic (exact) mass is 342 g/mol. The third-order valence-corrected chi connectivity index (χ3v) is 4.81. The number of hydrogen-bond acceptors (Lipinski definition) is 4. The predicted octanol–water partition coefficient (Wildman–Crippen LogP) is 4.01. The molecule has 128 valence electrons. The Labute approximate surface area is 151 Å². The molecule has 1 amide bonds. The van der Waals surface area contributed by atoms with Gasteiger partial charge in [0, 0.05) is 23.1 Å². The molecule has 0 bridgehead atoms. The molecule has 1 heterocycles. The lowest BCUT2D eigenvalue weighted by atomic mass is 9.92. The third-order valence-electron chi connectivity index (χ3n) is 4.81. The van der Waals surface area contributed by atoms with Crippen LogP contribution in [0.2, 0.25) is 0 Å². The number of rotatable bonds is 3. The minimum absolute atomic E-state index is 0.0117. The second-order valence-corrected chi connectivity index (χ2v) is 6.69. The summed E-state index contributed by atoms with van der Waals surface area (Å²) < 4.78 is 0. The summed E-state index contributed by atoms with van der Waals surface area (Å²) in [6.45, 7) is 2.00. The van der Waals surface area contributed by atoms with E-state index in [1.54, 1.807) is 6.20 Å². The Bertz CT molecular complexity index is 1080. The number of nitrogens with one attached hydrogen (secondary N) is 1. The molecule has 0 aliphatic heterocycles. The van der Waals surface area contributed by atoms with Gasteiger partial charge in [0.25, 0.3) is 0 Å². The summed E-state index contributed by atoms with van der Waals surface area (Å²) in [7, 11) is 0. The Morgan fingerprint density at radius 3 is 2.73 bits per heavy atom. The second kappa shape index (κ2) is 6.16. The third kappa shape index (κ3) is 2.76. The van der Waals surface area contributed by atoms with E-state index in [9.17, 15) is 10.1 Å². The lowest BCUT2D eigenvalue weighted by Crippen LogP contribution is -2.14. The fourth-order valence-electron chi connectivity index (χ4n) is 3.17. The van der Waals surface area contributed by atoms with Crippen molar-refractivity contribution in [3.05, 3.63) is 53.7 Å². The van der Waals surface area contributed by atoms with Crippen molar-refractivity contribution in [3.63, 3.8) is 0 Å². The Hall–Kier alpha value is -3.39. The summed E-state index contributed by atoms with van der Waals surface area (Å²) in [4.78, 5) is 16.3. The maximum absolute atomic E-state index is 12.0. The number of anilines is 2. The van der Waals surface area contributed by atoms with Crippen LogP contribution in [0.4, 0.5) is 11.5 Å². The van der Waals surface area contributed by atoms with Crippen LogP contribution in [-0.4, -0.2) is 10.9 Å². The summed E-state index contributed by atoms with van der Waals surface area (Å²) in [5, 5.41) is 14.1. The number of nitrogens with two attached hydrogens (primary N) is 1. The standard InChI is InChI=1S/C21H18N4O/c1-12-4-2-3-5-15(12)16-8-14-9-19(25-21(26)13-6-7-13)24-11-18(14)20(23)17(16)10-22/h2-5,8-9,11,13H,6-7,23H2,1H3,(H,24,25,26). The van der Waals surface area contributed by atoms with Crippen molar-refractivity contribution >= 4 is 28.2 Å². The molecule has 1 saturated carbocycles. The van der Waals surface area contributed by atoms with Gasteiger partial charge >= 0.3 is 0 Å². The highest BCUT2D eigenvalue weighted by molar-refractivity contribution is 6.02. The molecule has 0 spiro atoms. The molecular weight excluding hydrogens is 324 g/mol. The van der Waals surface area contributed by atoms with Crippen LogP contribution in [0.25, 0.3) is 21.9 Å². The van der Waals surface area contributed by atoms with Crippen LogP contribution in [0.15, 0.2) is 42.6 Å². The first-order chi connectivity index (χ1) is 12.6. The van der Waals surface area contributed by atoms with Crippen molar-refractivity contribution in [1.82, 2.24) is 4.98 Å². The highest BCUT2D eigenvalue weighted by Crippen LogP contribution is 2.36. The van der Waals surface area contributed by atoms with Gasteiger partial charge in [-0.05, 0) is 48.4 Å². The maximum Gasteiger partial charge on any atom is 0.228 e. The molecule has 0 atom stereocenters. The van der Waals surface area contributed by atoms with Crippen LogP contribution >= 0.6 is 0 Å². The van der Waals surface area contributed by atoms with Crippen molar-refractivity contribution in [2.45, 2.75) is 19.8 Å². The highest BCUT2D eigenvalue weighted by Gasteiger charge is 2.29. The van der Waals surface area contributed by atoms with E-state index in [0.717, 1.165) is 34.9 Å². The summed E-state index contributed by atoms with van der Waals surface area (Å²) in [6.07, 6.45) is 3.50. The van der Waals surface area contributed by atoms with Crippen molar-refractivity contribution in [2.75, 3.05) is 11.1 Å². The number of benzene rings is 2. The van der Waals surface area contributed by atoms with E-state index >= 15 is 0 Å². The lowest BCUT2D eigenvalue weighted by Gasteiger charge is -2.13. The smallest absolute Gasteiger partial charge is 0.228 e. The number of nitrogens with zero attached hydrogens (tertiary/aromatic N) is 2. The average molecular weight is 342 g/mol. The van der Waals surface area contributed by atoms with Crippen molar-refractivity contribution < 1.29 is 4.79 Å². The largest absolute Gasteiger partial charge is 0.397 e. The number of carbonyl (C=O) groups excluding carboxylic acids is 1. The Kier molecular flexibility index (Phi) is 3.81. The van der Waals surface area contributed by atoms with E-state index in [4.69, 9.17) is 5.73 Å². The fraction of sp³-hybridized carbons (Fsp3) is 0.190. The van der Waals surface area contributed by atoms with E-state index in [1.165, 1.54) is 0 Å². The number of pyridine rings is 1. The molecule has 1 aliphatic carbocycles. The summed E-state index contributed by atoms with van der Waals surface area (Å²) >= 11 is 0. The summed E-state index contributed by atoms with van der Waals surface area (Å²) in [5.74, 6) is 0.632. The van der Waals surface area contributed by atoms with Gasteiger partial charge in [0.05, 0.1) is 11.3 Å². The molecular formula is C21H18N4O. The van der Waals surface area contributed by atoms with Gasteiger partial charge in [0.1, 0.15) is 11.9 Å². The number of aromatic nitrogens is 1. The van der Waals surface area contributed by atoms with Crippen LogP contribution < -0.4 is 11.1 Å². The van der Waals surface area contributed by atoms with Gasteiger partial charge in [-0.2, -0.15) is 5.26 Å². The van der Waals surface area contributed by atoms with E-state index in [-0.39, 0.29) is 11.8 Å². The number of hydrogen-bond donors (Lipinski definition) is 2. The molecule has 0 radical (unpaired) electrons. The summed E-state index contributed by atoms with van der Waals surface area (Å²) in [6, 6.07) is 13.9. The molecule has 3 aromatic rings. The number of carbonyl (C=O) groups is 1. The van der Waals surface area contributed by atoms with Crippen molar-refractivity contribution in [1.29, 1.82) is 5.26 Å². The van der Waals surface area contributed by atoms with Gasteiger partial charge in [0.15, 0.2) is 0 Å². The van der Waals surface area contributed by atoms with Gasteiger partial charge in [-0.3, -0.25) is 4.79 Å². The minimum atomic E-state index is 0.0117. The lowest BCUT2D eigenvalue weighted by molar-refractivity contribution is -0.117. The number of nitrogen functional groups attached to an aromatic ring is 1. The normalized spacial score (nSPS) is 13.4. The number of amides is 1. The van der Waals surface area contributed by atoms with Gasteiger partial charge in [-0.1, -0.05) is 24.3 Å². The quantitative estimate of drug-likeness (QED) is 0.703. The Morgan fingerprint density at radius 1 is 1.27 bits per heavy atom. The molecule has 1 aliphatic rings. The zero-order valence-electron chi connectivity index (χ0n) is 14.4. The zero-order valence-corrected chi connectivity index (χ0v) is 14.4. The predicted molar refractivity (Wildman–Crippen MR) is 102 cm³/mol. The molecule has 4 rings (SSSR count). The van der Waals surface area contributed by atoms with Crippen LogP contribution in [0, 0.1) is 24.2 Å². The molecule has 5 nitrogen and oxygen atoms in total. The molecule has 5 heteroatoms. The second-order valence-electron chi connectivity index (χ2n) is 6.69. The van der Waals surface area contributed by atoms with Crippen molar-refractivity contribution in [3.8, 4) is 17.2 Å². The van der Waals surface area contributed by atoms with Gasteiger partial charge in [0.2, 0.25) is 5.91 Å². The first-order valence-corrected chi connectivity index (χ1v) is 8.57. The first-order valence-electron chi connectivity index (χ1n) is 8.57. The fourth-order valence-corrected chi connectivity index (χ4v) is 3.17. The van der Waals surface area contributed by atoms with Gasteiger partial charge in [-0.15, -0.1) is 0 Å². The van der Waals surface area contributed by atoms with E-state index < -0.39 is 0 Å². The first kappa shape index (κ1) is 16.1. The SMILES string of the molecule is Cc1ccccc1-c1cc2cc(NC(=O)C3CC3)ncc2c(N)c1C#N. The maximum atomic E-state index is 12.0. The molecule has 1 fully saturated rings. The molecule has 0 unspecified atom stereocenters. The molecule has 3 N–H and O–H groups in total. The van der Waals surface area contributed by atoms with Gasteiger partial charge in [-0.25, -0.2) is 4.98 Å². The van der Waals surface area contributed by atoms with Crippen LogP contribution in [0.3, 0.4) is 0 Å². The Morgan fingerprint density at radius 2 is 2.04 bits per heavy atom. The van der Waals surface area contributed by atoms with Crippen LogP contribution in [-0.2, 0) is 4.79 Å². The number of aryl methyl sites for hydroxylation is 1. The topological polar surface area (TPSA) is 91.8 Å². The molecule has 1 aromatic heterocycles. The van der Waals surface area contributed by atoms with Gasteiger partial charge < -0.3 is 11.1 Å². The number of fused-ring (bicyclic) bond motifs is 1. The number of nitriles is 1. The van der Waals surface area contributed by atoms with Crippen LogP contribution in [0.5, 0.6) is 0 Å². The summed E-state index contributed by atoms with van der Waals surface area (Å²) in [5.41, 5.74) is 9.97. The van der Waals surface area contributed by atoms with E-state index in [1.807, 2.05) is 43.3 Å².